The van der Waals surface area contributed by atoms with Crippen LogP contribution in [-0.4, -0.2) is 12.1 Å². The van der Waals surface area contributed by atoms with Crippen molar-refractivity contribution in [3.63, 3.8) is 0 Å². The molecule has 0 fully saturated rings. The number of benzene rings is 1. The van der Waals surface area contributed by atoms with E-state index in [0.29, 0.717) is 5.92 Å². The van der Waals surface area contributed by atoms with Gasteiger partial charge in [-0.05, 0) is 66.7 Å². The van der Waals surface area contributed by atoms with Crippen molar-refractivity contribution in [2.24, 2.45) is 0 Å². The summed E-state index contributed by atoms with van der Waals surface area (Å²) in [7, 11) is -3.13. The molecule has 1 aromatic carbocycles. The average molecular weight is 787 g/mol. The zero-order valence-electron chi connectivity index (χ0n) is 35.1. The third-order valence-corrected chi connectivity index (χ3v) is 12.4. The van der Waals surface area contributed by atoms with Gasteiger partial charge in [0.15, 0.2) is 0 Å². The third kappa shape index (κ3) is 31.9. The van der Waals surface area contributed by atoms with E-state index in [4.69, 9.17) is 3.69 Å². The summed E-state index contributed by atoms with van der Waals surface area (Å²) < 4.78 is 39.2. The Morgan fingerprint density at radius 3 is 1.10 bits per heavy atom. The molecule has 0 aliphatic heterocycles. The molecular formula is C45H86O5STi. The summed E-state index contributed by atoms with van der Waals surface area (Å²) in [6, 6.07) is 5.11. The van der Waals surface area contributed by atoms with Crippen molar-refractivity contribution >= 4 is 11.0 Å². The fraction of sp³-hybridized carbons (Fsp3) is 0.867. The molecule has 306 valence electrons. The van der Waals surface area contributed by atoms with Crippen LogP contribution in [0.3, 0.4) is 0 Å². The van der Waals surface area contributed by atoms with Gasteiger partial charge < -0.3 is 0 Å². The second-order valence-corrected chi connectivity index (χ2v) is 18.1. The van der Waals surface area contributed by atoms with E-state index >= 15 is 0 Å². The van der Waals surface area contributed by atoms with Crippen LogP contribution in [0, 0.1) is 0 Å². The topological polar surface area (TPSA) is 80.7 Å². The first-order valence-electron chi connectivity index (χ1n) is 22.5. The monoisotopic (exact) mass is 787 g/mol. The summed E-state index contributed by atoms with van der Waals surface area (Å²) in [5.74, 6) is 0.640. The number of hydrogen-bond donors (Lipinski definition) is 2. The van der Waals surface area contributed by atoms with Crippen LogP contribution in [0.2, 0.25) is 0 Å². The van der Waals surface area contributed by atoms with E-state index in [1.807, 2.05) is 0 Å². The van der Waals surface area contributed by atoms with Gasteiger partial charge in [-0.2, -0.15) is 0 Å². The second-order valence-electron chi connectivity index (χ2n) is 15.8. The van der Waals surface area contributed by atoms with Crippen LogP contribution >= 0.6 is 0 Å². The molecule has 5 nitrogen and oxygen atoms in total. The summed E-state index contributed by atoms with van der Waals surface area (Å²) in [6.07, 6.45) is 47.0. The molecule has 0 aliphatic carbocycles. The molecule has 52 heavy (non-hydrogen) atoms. The molecule has 0 radical (unpaired) electrons. The predicted octanol–water partition coefficient (Wildman–Crippen LogP) is 14.5. The van der Waals surface area contributed by atoms with E-state index in [-0.39, 0.29) is 0 Å². The van der Waals surface area contributed by atoms with Crippen molar-refractivity contribution in [1.29, 1.82) is 0 Å². The molecule has 0 heterocycles. The number of rotatable bonds is 36. The van der Waals surface area contributed by atoms with Crippen molar-refractivity contribution < 1.29 is 36.8 Å². The molecule has 0 aliphatic rings. The Morgan fingerprint density at radius 2 is 0.808 bits per heavy atom. The van der Waals surface area contributed by atoms with Crippen LogP contribution in [0.1, 0.15) is 255 Å². The van der Waals surface area contributed by atoms with Crippen molar-refractivity contribution in [1.82, 2.24) is 0 Å². The molecule has 0 aromatic heterocycles. The molecule has 0 bridgehead atoms. The SMILES string of the molecule is CCCCCCCCCCCCc1ccc(C(C)C)c(CCCCCCCCCCCC)c1CCCCCCCCCCCC.O=[SH](=O)[O][Ti](=[O])[OH]. The Balaban J connectivity index is 0.00000335. The zero-order chi connectivity index (χ0) is 38.5. The maximum atomic E-state index is 9.45. The van der Waals surface area contributed by atoms with E-state index in [0.717, 1.165) is 0 Å². The molecule has 0 saturated carbocycles. The standard InChI is InChI=1S/C45H84.H2O3S.H2O.O.Ti/c1-6-9-12-15-18-21-24-27-30-33-36-42-39-40-43(41(4)5)45(38-35-32-29-26-23-20-17-14-11-8-3)44(42)37-34-31-28-25-22-19-16-13-10-7-2;1-4(2)3;;;/h39-41H,6-38H2,1-5H3;4H,(H,1,2,3);1H2;;/q;;;;+2/p-2. The fourth-order valence-corrected chi connectivity index (χ4v) is 8.31. The first-order valence-corrected chi connectivity index (χ1v) is 25.5. The van der Waals surface area contributed by atoms with Gasteiger partial charge in [-0.1, -0.05) is 220 Å². The van der Waals surface area contributed by atoms with Crippen LogP contribution in [0.25, 0.3) is 0 Å². The van der Waals surface area contributed by atoms with E-state index < -0.39 is 29.6 Å². The van der Waals surface area contributed by atoms with Crippen LogP contribution in [0.15, 0.2) is 12.1 Å². The summed E-state index contributed by atoms with van der Waals surface area (Å²) in [4.78, 5) is 0. The summed E-state index contributed by atoms with van der Waals surface area (Å²) in [5.41, 5.74) is 6.97. The van der Waals surface area contributed by atoms with Gasteiger partial charge in [-0.3, -0.25) is 0 Å². The molecule has 0 atom stereocenters. The van der Waals surface area contributed by atoms with Crippen LogP contribution in [0.5, 0.6) is 0 Å². The average Bonchev–Trinajstić information content (AvgIpc) is 3.10. The van der Waals surface area contributed by atoms with Gasteiger partial charge in [-0.25, -0.2) is 0 Å². The van der Waals surface area contributed by atoms with Gasteiger partial charge in [0.25, 0.3) is 0 Å². The van der Waals surface area contributed by atoms with Crippen LogP contribution in [-0.2, 0) is 55.0 Å². The fourth-order valence-electron chi connectivity index (χ4n) is 7.59. The quantitative estimate of drug-likeness (QED) is 0.0402. The Kier molecular flexibility index (Phi) is 38.6. The van der Waals surface area contributed by atoms with Crippen molar-refractivity contribution in [3.8, 4) is 0 Å². The number of unbranched alkanes of at least 4 members (excludes halogenated alkanes) is 27. The van der Waals surface area contributed by atoms with E-state index in [1.165, 1.54) is 212 Å². The Hall–Kier alpha value is -0.396. The van der Waals surface area contributed by atoms with Gasteiger partial charge in [-0.15, -0.1) is 0 Å². The third-order valence-electron chi connectivity index (χ3n) is 10.7. The summed E-state index contributed by atoms with van der Waals surface area (Å²) >= 11 is -3.80. The summed E-state index contributed by atoms with van der Waals surface area (Å²) in [5, 5.41) is 0. The van der Waals surface area contributed by atoms with Gasteiger partial charge in [0.1, 0.15) is 0 Å². The van der Waals surface area contributed by atoms with Crippen LogP contribution in [0.4, 0.5) is 0 Å². The first kappa shape index (κ1) is 51.6. The molecule has 0 saturated heterocycles. The predicted molar refractivity (Wildman–Crippen MR) is 221 cm³/mol. The van der Waals surface area contributed by atoms with Gasteiger partial charge in [0.05, 0.1) is 0 Å². The molecule has 1 N–H and O–H groups in total. The molecule has 7 heteroatoms. The maximum absolute atomic E-state index is 9.45. The van der Waals surface area contributed by atoms with Crippen molar-refractivity contribution in [2.75, 3.05) is 0 Å². The Labute approximate surface area is 332 Å². The normalized spacial score (nSPS) is 11.4. The van der Waals surface area contributed by atoms with Crippen LogP contribution < -0.4 is 0 Å². The van der Waals surface area contributed by atoms with Crippen molar-refractivity contribution in [2.45, 2.75) is 252 Å². The number of thiol groups is 1. The van der Waals surface area contributed by atoms with Gasteiger partial charge in [0, 0.05) is 0 Å². The van der Waals surface area contributed by atoms with Crippen molar-refractivity contribution in [3.05, 3.63) is 34.4 Å². The Morgan fingerprint density at radius 1 is 0.500 bits per heavy atom. The molecular weight excluding hydrogens is 700 g/mol. The minimum atomic E-state index is -3.80. The molecule has 1 rings (SSSR count). The molecule has 0 amide bonds. The van der Waals surface area contributed by atoms with E-state index in [2.05, 4.69) is 49.5 Å². The zero-order valence-corrected chi connectivity index (χ0v) is 37.5. The second kappa shape index (κ2) is 38.9. The van der Waals surface area contributed by atoms with Gasteiger partial charge in [0.2, 0.25) is 0 Å². The van der Waals surface area contributed by atoms with E-state index in [1.54, 1.807) is 22.3 Å². The van der Waals surface area contributed by atoms with Gasteiger partial charge >= 0.3 is 47.8 Å². The molecule has 0 unspecified atom stereocenters. The minimum absolute atomic E-state index is 0.640. The van der Waals surface area contributed by atoms with E-state index in [9.17, 15) is 11.7 Å². The first-order chi connectivity index (χ1) is 25.3. The molecule has 1 aromatic rings. The Bertz CT molecular complexity index is 1020. The summed E-state index contributed by atoms with van der Waals surface area (Å²) in [6.45, 7) is 11.8. The molecule has 0 spiro atoms. The number of hydrogen-bond acceptors (Lipinski definition) is 4. The number of aryl methyl sites for hydroxylation is 1.